The van der Waals surface area contributed by atoms with Crippen LogP contribution in [-0.2, 0) is 36.5 Å². The van der Waals surface area contributed by atoms with Crippen LogP contribution in [0.15, 0.2) is 21.4 Å². The van der Waals surface area contributed by atoms with E-state index in [0.29, 0.717) is 0 Å². The van der Waals surface area contributed by atoms with Crippen LogP contribution in [0.3, 0.4) is 0 Å². The molecule has 0 bridgehead atoms. The molecule has 0 aliphatic heterocycles. The van der Waals surface area contributed by atoms with Gasteiger partial charge in [-0.1, -0.05) is 0 Å². The molecule has 0 aromatic rings. The molecule has 0 heterocycles. The standard InChI is InChI=1S/Mn.4HNO2.Zn/c;4*2-1-3;/h;4*(H,2,3);/q+2;;;;;+2/p-4. The van der Waals surface area contributed by atoms with E-state index in [2.05, 4.69) is 0 Å². The monoisotopic (exact) mass is 303 g/mol. The van der Waals surface area contributed by atoms with Crippen molar-refractivity contribution in [3.05, 3.63) is 40.5 Å². The predicted octanol–water partition coefficient (Wildman–Crippen LogP) is 0.997. The molecule has 0 saturated carbocycles. The van der Waals surface area contributed by atoms with E-state index in [1.165, 1.54) is 0 Å². The van der Waals surface area contributed by atoms with Crippen LogP contribution in [0.5, 0.6) is 0 Å². The zero-order valence-electron chi connectivity index (χ0n) is 6.14. The van der Waals surface area contributed by atoms with E-state index in [4.69, 9.17) is 40.5 Å². The minimum atomic E-state index is 0. The molecule has 0 N–H and O–H groups in total. The van der Waals surface area contributed by atoms with Crippen molar-refractivity contribution in [3.8, 4) is 0 Å². The van der Waals surface area contributed by atoms with E-state index < -0.39 is 0 Å². The summed E-state index contributed by atoms with van der Waals surface area (Å²) in [5.74, 6) is 0. The van der Waals surface area contributed by atoms with Crippen molar-refractivity contribution in [3.63, 3.8) is 0 Å². The number of rotatable bonds is 0. The Hall–Kier alpha value is -1.26. The van der Waals surface area contributed by atoms with Crippen LogP contribution in [0.4, 0.5) is 0 Å². The largest absolute Gasteiger partial charge is 2.00 e. The summed E-state index contributed by atoms with van der Waals surface area (Å²) in [4.78, 5) is 32.0. The van der Waals surface area contributed by atoms with E-state index in [-0.39, 0.29) is 36.5 Å². The van der Waals surface area contributed by atoms with Gasteiger partial charge in [0.05, 0.1) is 0 Å². The normalized spacial score (nSPS) is 3.43. The van der Waals surface area contributed by atoms with Gasteiger partial charge >= 0.3 is 36.5 Å². The van der Waals surface area contributed by atoms with E-state index in [1.807, 2.05) is 0 Å². The fourth-order valence-electron chi connectivity index (χ4n) is 0. The first-order valence-electron chi connectivity index (χ1n) is 1.46. The molecule has 0 saturated heterocycles. The van der Waals surface area contributed by atoms with Crippen molar-refractivity contribution in [1.82, 2.24) is 0 Å². The zero-order valence-corrected chi connectivity index (χ0v) is 10.3. The Labute approximate surface area is 98.6 Å². The summed E-state index contributed by atoms with van der Waals surface area (Å²) in [6, 6.07) is 0. The average Bonchev–Trinajstić information content (AvgIpc) is 1.92. The zero-order chi connectivity index (χ0) is 10.8. The maximum atomic E-state index is 8.00. The van der Waals surface area contributed by atoms with Crippen LogP contribution < -0.4 is 0 Å². The van der Waals surface area contributed by atoms with Gasteiger partial charge in [-0.15, -0.1) is 21.4 Å². The molecule has 14 heteroatoms. The smallest absolute Gasteiger partial charge is 0.444 e. The summed E-state index contributed by atoms with van der Waals surface area (Å²) in [5, 5.41) is 36.0. The molecule has 0 amide bonds. The fourth-order valence-corrected chi connectivity index (χ4v) is 0. The molecule has 14 heavy (non-hydrogen) atoms. The third-order valence-electron chi connectivity index (χ3n) is 0. The first-order valence-corrected chi connectivity index (χ1v) is 1.46. The van der Waals surface area contributed by atoms with Crippen molar-refractivity contribution in [2.45, 2.75) is 0 Å². The quantitative estimate of drug-likeness (QED) is 0.356. The molecule has 0 aromatic heterocycles. The molecule has 1 radical (unpaired) electrons. The Balaban J connectivity index is -0.0000000145. The minimum Gasteiger partial charge on any atom is -0.444 e. The molecule has 0 spiro atoms. The average molecular weight is 304 g/mol. The van der Waals surface area contributed by atoms with E-state index in [0.717, 1.165) is 21.4 Å². The number of hydrogen-bond acceptors (Lipinski definition) is 12. The van der Waals surface area contributed by atoms with Crippen molar-refractivity contribution in [1.29, 1.82) is 0 Å². The molecule has 0 atom stereocenters. The van der Waals surface area contributed by atoms with Crippen LogP contribution in [0.2, 0.25) is 0 Å². The first-order chi connectivity index (χ1) is 5.66. The van der Waals surface area contributed by atoms with Crippen LogP contribution in [0, 0.1) is 40.5 Å². The van der Waals surface area contributed by atoms with Crippen LogP contribution in [0.1, 0.15) is 0 Å². The van der Waals surface area contributed by atoms with Crippen molar-refractivity contribution < 1.29 is 36.5 Å². The number of nitrogens with zero attached hydrogens (tertiary/aromatic N) is 4. The summed E-state index contributed by atoms with van der Waals surface area (Å²) in [6.45, 7) is 0. The van der Waals surface area contributed by atoms with E-state index in [1.54, 1.807) is 0 Å². The molecule has 12 nitrogen and oxygen atoms in total. The Morgan fingerprint density at radius 1 is 0.571 bits per heavy atom. The molecular formula is MnN4O8Zn. The second-order valence-corrected chi connectivity index (χ2v) is 0.298. The maximum Gasteiger partial charge on any atom is 2.00 e. The molecule has 77 valence electrons. The van der Waals surface area contributed by atoms with E-state index in [9.17, 15) is 0 Å². The fraction of sp³-hybridized carbons (Fsp3) is 0. The molecule has 0 fully saturated rings. The van der Waals surface area contributed by atoms with Gasteiger partial charge in [0.2, 0.25) is 0 Å². The second kappa shape index (κ2) is 180. The van der Waals surface area contributed by atoms with Gasteiger partial charge in [0.25, 0.3) is 0 Å². The molecule has 0 unspecified atom stereocenters. The minimum absolute atomic E-state index is 0. The van der Waals surface area contributed by atoms with Gasteiger partial charge < -0.3 is 40.5 Å². The Bertz CT molecular complexity index is 75.3. The van der Waals surface area contributed by atoms with Crippen molar-refractivity contribution >= 4 is 0 Å². The maximum absolute atomic E-state index is 8.00. The Kier molecular flexibility index (Phi) is 497. The van der Waals surface area contributed by atoms with Gasteiger partial charge in [-0.2, -0.15) is 0 Å². The summed E-state index contributed by atoms with van der Waals surface area (Å²) in [7, 11) is 0. The predicted molar refractivity (Wildman–Crippen MR) is 36.6 cm³/mol. The third kappa shape index (κ3) is 645. The molecule has 0 aliphatic rings. The van der Waals surface area contributed by atoms with Gasteiger partial charge in [-0.25, -0.2) is 0 Å². The topological polar surface area (TPSA) is 210 Å². The van der Waals surface area contributed by atoms with Crippen LogP contribution in [0.25, 0.3) is 0 Å². The summed E-state index contributed by atoms with van der Waals surface area (Å²) >= 11 is 0. The van der Waals surface area contributed by atoms with Gasteiger partial charge in [0.1, 0.15) is 0 Å². The van der Waals surface area contributed by atoms with Gasteiger partial charge in [0, 0.05) is 0 Å². The summed E-state index contributed by atoms with van der Waals surface area (Å²) in [5.41, 5.74) is 0. The summed E-state index contributed by atoms with van der Waals surface area (Å²) in [6.07, 6.45) is 0. The van der Waals surface area contributed by atoms with Gasteiger partial charge in [0.15, 0.2) is 0 Å². The van der Waals surface area contributed by atoms with E-state index >= 15 is 0 Å². The van der Waals surface area contributed by atoms with Gasteiger partial charge in [-0.3, -0.25) is 0 Å². The van der Waals surface area contributed by atoms with Gasteiger partial charge in [-0.05, 0) is 0 Å². The third-order valence-corrected chi connectivity index (χ3v) is 0. The number of hydrogen-bond donors (Lipinski definition) is 0. The Morgan fingerprint density at radius 3 is 0.571 bits per heavy atom. The van der Waals surface area contributed by atoms with Crippen LogP contribution >= 0.6 is 0 Å². The van der Waals surface area contributed by atoms with Crippen LogP contribution in [-0.4, -0.2) is 0 Å². The Morgan fingerprint density at radius 2 is 0.571 bits per heavy atom. The summed E-state index contributed by atoms with van der Waals surface area (Å²) < 4.78 is 0. The van der Waals surface area contributed by atoms with Crippen molar-refractivity contribution in [2.75, 3.05) is 0 Å². The molecule has 0 rings (SSSR count). The molecular weight excluding hydrogens is 304 g/mol. The van der Waals surface area contributed by atoms with Crippen molar-refractivity contribution in [2.24, 2.45) is 21.4 Å². The molecule has 0 aromatic carbocycles. The SMILES string of the molecule is O=N[O-].O=N[O-].O=N[O-].O=N[O-].[Mn+2].[Zn+2]. The molecule has 0 aliphatic carbocycles. The first kappa shape index (κ1) is 38.6. The second-order valence-electron chi connectivity index (χ2n) is 0.298.